The Morgan fingerprint density at radius 2 is 0.900 bits per heavy atom. The van der Waals surface area contributed by atoms with E-state index in [-0.39, 0.29) is 0 Å². The molecule has 0 N–H and O–H groups in total. The summed E-state index contributed by atoms with van der Waals surface area (Å²) in [6.07, 6.45) is 0. The van der Waals surface area contributed by atoms with E-state index in [1.807, 2.05) is 18.2 Å². The third-order valence-electron chi connectivity index (χ3n) is 10.3. The molecule has 2 heterocycles. The van der Waals surface area contributed by atoms with Crippen molar-refractivity contribution in [2.75, 3.05) is 0 Å². The lowest BCUT2D eigenvalue weighted by atomic mass is 9.67. The second kappa shape index (κ2) is 11.3. The monoisotopic (exact) mass is 637 g/mol. The zero-order valence-electron chi connectivity index (χ0n) is 27.2. The van der Waals surface area contributed by atoms with Crippen LogP contribution >= 0.6 is 0 Å². The molecule has 0 aliphatic heterocycles. The van der Waals surface area contributed by atoms with Crippen LogP contribution in [0.1, 0.15) is 22.3 Å². The molecule has 0 amide bonds. The number of fused-ring (bicyclic) bond motifs is 6. The Morgan fingerprint density at radius 3 is 1.52 bits per heavy atom. The molecule has 7 aromatic carbocycles. The Bertz CT molecular complexity index is 2590. The van der Waals surface area contributed by atoms with E-state index in [1.165, 1.54) is 44.2 Å². The van der Waals surface area contributed by atoms with Crippen molar-refractivity contribution < 1.29 is 0 Å². The van der Waals surface area contributed by atoms with E-state index < -0.39 is 5.41 Å². The van der Waals surface area contributed by atoms with Gasteiger partial charge in [0, 0.05) is 28.0 Å². The number of hydrogen-bond donors (Lipinski definition) is 0. The van der Waals surface area contributed by atoms with Crippen molar-refractivity contribution >= 4 is 21.8 Å². The van der Waals surface area contributed by atoms with Gasteiger partial charge in [-0.25, -0.2) is 9.97 Å². The smallest absolute Gasteiger partial charge is 0.162 e. The molecule has 1 aliphatic carbocycles. The highest BCUT2D eigenvalue weighted by molar-refractivity contribution is 6.09. The molecule has 0 radical (unpaired) electrons. The van der Waals surface area contributed by atoms with E-state index in [1.54, 1.807) is 0 Å². The summed E-state index contributed by atoms with van der Waals surface area (Å²) in [6, 6.07) is 67.3. The number of hydrogen-bond acceptors (Lipinski definition) is 2. The minimum atomic E-state index is -0.442. The van der Waals surface area contributed by atoms with Crippen molar-refractivity contribution in [1.82, 2.24) is 14.5 Å². The number of aromatic nitrogens is 3. The van der Waals surface area contributed by atoms with Gasteiger partial charge in [-0.1, -0.05) is 170 Å². The second-order valence-electron chi connectivity index (χ2n) is 13.0. The lowest BCUT2D eigenvalue weighted by Gasteiger charge is -2.34. The van der Waals surface area contributed by atoms with Crippen molar-refractivity contribution in [3.63, 3.8) is 0 Å². The summed E-state index contributed by atoms with van der Waals surface area (Å²) in [5.41, 5.74) is 12.4. The van der Waals surface area contributed by atoms with E-state index in [2.05, 4.69) is 174 Å². The zero-order chi connectivity index (χ0) is 33.1. The predicted molar refractivity (Wildman–Crippen MR) is 205 cm³/mol. The fourth-order valence-electron chi connectivity index (χ4n) is 8.19. The first-order valence-corrected chi connectivity index (χ1v) is 17.1. The molecule has 0 unspecified atom stereocenters. The standard InChI is InChI=1S/C47H31N3/c1-3-15-33(16-4-1)46-48-42(31-45(49-46)50-43-25-13-9-21-38(43)39-22-10-14-26-44(39)50)32-27-29-35(30-28-32)47(34-17-5-2-6-18-34)40-23-11-7-19-36(40)37-20-8-12-24-41(37)47/h1-31H. The summed E-state index contributed by atoms with van der Waals surface area (Å²) in [5.74, 6) is 1.54. The van der Waals surface area contributed by atoms with Gasteiger partial charge >= 0.3 is 0 Å². The van der Waals surface area contributed by atoms with Crippen LogP contribution in [0, 0.1) is 0 Å². The summed E-state index contributed by atoms with van der Waals surface area (Å²) in [6.45, 7) is 0. The van der Waals surface area contributed by atoms with Crippen LogP contribution in [-0.4, -0.2) is 14.5 Å². The minimum Gasteiger partial charge on any atom is -0.294 e. The molecule has 9 aromatic rings. The van der Waals surface area contributed by atoms with Crippen molar-refractivity contribution in [3.8, 4) is 39.6 Å². The number of rotatable bonds is 5. The molecule has 3 nitrogen and oxygen atoms in total. The third-order valence-corrected chi connectivity index (χ3v) is 10.3. The number of nitrogens with zero attached hydrogens (tertiary/aromatic N) is 3. The zero-order valence-corrected chi connectivity index (χ0v) is 27.2. The van der Waals surface area contributed by atoms with Crippen LogP contribution in [0.2, 0.25) is 0 Å². The molecule has 10 rings (SSSR count). The van der Waals surface area contributed by atoms with E-state index in [4.69, 9.17) is 9.97 Å². The molecule has 0 bridgehead atoms. The van der Waals surface area contributed by atoms with Crippen LogP contribution in [-0.2, 0) is 5.41 Å². The average Bonchev–Trinajstić information content (AvgIpc) is 3.70. The van der Waals surface area contributed by atoms with Crippen LogP contribution < -0.4 is 0 Å². The Hall–Kier alpha value is -6.58. The van der Waals surface area contributed by atoms with Gasteiger partial charge in [-0.15, -0.1) is 0 Å². The van der Waals surface area contributed by atoms with Gasteiger partial charge in [0.15, 0.2) is 5.82 Å². The molecule has 3 heteroatoms. The topological polar surface area (TPSA) is 30.7 Å². The maximum Gasteiger partial charge on any atom is 0.162 e. The highest BCUT2D eigenvalue weighted by atomic mass is 15.1. The quantitative estimate of drug-likeness (QED) is 0.188. The average molecular weight is 638 g/mol. The molecule has 234 valence electrons. The van der Waals surface area contributed by atoms with Crippen molar-refractivity contribution in [2.45, 2.75) is 5.41 Å². The number of para-hydroxylation sites is 2. The molecule has 0 atom stereocenters. The Morgan fingerprint density at radius 1 is 0.400 bits per heavy atom. The molecule has 50 heavy (non-hydrogen) atoms. The first-order chi connectivity index (χ1) is 24.8. The maximum absolute atomic E-state index is 5.21. The predicted octanol–water partition coefficient (Wildman–Crippen LogP) is 11.3. The first kappa shape index (κ1) is 28.4. The molecule has 0 spiro atoms. The van der Waals surface area contributed by atoms with Crippen molar-refractivity contribution in [3.05, 3.63) is 210 Å². The van der Waals surface area contributed by atoms with Gasteiger partial charge in [0.05, 0.1) is 22.1 Å². The molecular formula is C47H31N3. The van der Waals surface area contributed by atoms with E-state index >= 15 is 0 Å². The van der Waals surface area contributed by atoms with Gasteiger partial charge in [0.1, 0.15) is 5.82 Å². The summed E-state index contributed by atoms with van der Waals surface area (Å²) in [7, 11) is 0. The molecule has 1 aliphatic rings. The molecule has 0 saturated heterocycles. The Kier molecular flexibility index (Phi) is 6.40. The number of benzene rings is 7. The van der Waals surface area contributed by atoms with Crippen LogP contribution in [0.5, 0.6) is 0 Å². The van der Waals surface area contributed by atoms with Gasteiger partial charge < -0.3 is 0 Å². The SMILES string of the molecule is c1ccc(-c2nc(-c3ccc(C4(c5ccccc5)c5ccccc5-c5ccccc54)cc3)cc(-n3c4ccccc4c4ccccc43)n2)cc1. The highest BCUT2D eigenvalue weighted by Gasteiger charge is 2.45. The second-order valence-corrected chi connectivity index (χ2v) is 13.0. The summed E-state index contributed by atoms with van der Waals surface area (Å²) < 4.78 is 2.27. The Labute approximate surface area is 290 Å². The molecule has 2 aromatic heterocycles. The third kappa shape index (κ3) is 4.17. The van der Waals surface area contributed by atoms with Gasteiger partial charge in [0.25, 0.3) is 0 Å². The van der Waals surface area contributed by atoms with Crippen LogP contribution in [0.25, 0.3) is 61.4 Å². The molecule has 0 saturated carbocycles. The highest BCUT2D eigenvalue weighted by Crippen LogP contribution is 2.56. The van der Waals surface area contributed by atoms with Gasteiger partial charge in [-0.05, 0) is 45.5 Å². The molecular weight excluding hydrogens is 607 g/mol. The van der Waals surface area contributed by atoms with Crippen LogP contribution in [0.15, 0.2) is 188 Å². The van der Waals surface area contributed by atoms with Crippen LogP contribution in [0.3, 0.4) is 0 Å². The van der Waals surface area contributed by atoms with E-state index in [0.717, 1.165) is 33.7 Å². The molecule has 0 fully saturated rings. The van der Waals surface area contributed by atoms with Crippen molar-refractivity contribution in [2.24, 2.45) is 0 Å². The van der Waals surface area contributed by atoms with Crippen molar-refractivity contribution in [1.29, 1.82) is 0 Å². The Balaban J connectivity index is 1.19. The fourth-order valence-corrected chi connectivity index (χ4v) is 8.19. The van der Waals surface area contributed by atoms with E-state index in [0.29, 0.717) is 5.82 Å². The lowest BCUT2D eigenvalue weighted by molar-refractivity contribution is 0.768. The fraction of sp³-hybridized carbons (Fsp3) is 0.0213. The van der Waals surface area contributed by atoms with Gasteiger partial charge in [-0.2, -0.15) is 0 Å². The van der Waals surface area contributed by atoms with Gasteiger partial charge in [-0.3, -0.25) is 4.57 Å². The minimum absolute atomic E-state index is 0.442. The summed E-state index contributed by atoms with van der Waals surface area (Å²) in [5, 5.41) is 2.41. The summed E-state index contributed by atoms with van der Waals surface area (Å²) in [4.78, 5) is 10.4. The van der Waals surface area contributed by atoms with E-state index in [9.17, 15) is 0 Å². The first-order valence-electron chi connectivity index (χ1n) is 17.1. The maximum atomic E-state index is 5.21. The van der Waals surface area contributed by atoms with Crippen LogP contribution in [0.4, 0.5) is 0 Å². The lowest BCUT2D eigenvalue weighted by Crippen LogP contribution is -2.28. The van der Waals surface area contributed by atoms with Gasteiger partial charge in [0.2, 0.25) is 0 Å². The summed E-state index contributed by atoms with van der Waals surface area (Å²) >= 11 is 0. The largest absolute Gasteiger partial charge is 0.294 e. The normalized spacial score (nSPS) is 13.0.